The third-order valence-corrected chi connectivity index (χ3v) is 4.52. The van der Waals surface area contributed by atoms with Crippen molar-refractivity contribution in [3.8, 4) is 0 Å². The van der Waals surface area contributed by atoms with E-state index in [0.29, 0.717) is 11.9 Å². The van der Waals surface area contributed by atoms with Crippen LogP contribution in [0.4, 0.5) is 0 Å². The topological polar surface area (TPSA) is 35.6 Å². The number of carbonyl (C=O) groups is 1. The molecule has 0 radical (unpaired) electrons. The summed E-state index contributed by atoms with van der Waals surface area (Å²) in [6.07, 6.45) is 3.62. The molecule has 16 heavy (non-hydrogen) atoms. The minimum Gasteiger partial charge on any atom is -0.344 e. The van der Waals surface area contributed by atoms with E-state index in [1.807, 2.05) is 11.9 Å². The second kappa shape index (κ2) is 4.00. The van der Waals surface area contributed by atoms with E-state index in [2.05, 4.69) is 10.2 Å². The van der Waals surface area contributed by atoms with E-state index in [0.717, 1.165) is 38.5 Å². The Hall–Kier alpha value is -0.610. The van der Waals surface area contributed by atoms with E-state index >= 15 is 0 Å². The van der Waals surface area contributed by atoms with E-state index in [1.165, 1.54) is 12.8 Å². The highest BCUT2D eigenvalue weighted by Crippen LogP contribution is 2.30. The number of rotatable bonds is 1. The Morgan fingerprint density at radius 1 is 1.25 bits per heavy atom. The van der Waals surface area contributed by atoms with Gasteiger partial charge in [0.15, 0.2) is 0 Å². The highest BCUT2D eigenvalue weighted by molar-refractivity contribution is 5.83. The van der Waals surface area contributed by atoms with Crippen molar-refractivity contribution in [2.45, 2.75) is 31.3 Å². The molecule has 0 aromatic heterocycles. The quantitative estimate of drug-likeness (QED) is 0.674. The zero-order valence-electron chi connectivity index (χ0n) is 9.98. The summed E-state index contributed by atoms with van der Waals surface area (Å²) in [7, 11) is 1.93. The van der Waals surface area contributed by atoms with Crippen LogP contribution < -0.4 is 5.32 Å². The van der Waals surface area contributed by atoms with Gasteiger partial charge >= 0.3 is 0 Å². The smallest absolute Gasteiger partial charge is 0.239 e. The van der Waals surface area contributed by atoms with Crippen molar-refractivity contribution in [3.05, 3.63) is 0 Å². The number of fused-ring (bicyclic) bond motifs is 1. The number of nitrogens with one attached hydrogen (secondary N) is 1. The zero-order valence-corrected chi connectivity index (χ0v) is 9.98. The van der Waals surface area contributed by atoms with Crippen LogP contribution >= 0.6 is 0 Å². The van der Waals surface area contributed by atoms with Crippen molar-refractivity contribution in [2.75, 3.05) is 33.2 Å². The predicted molar refractivity (Wildman–Crippen MR) is 62.1 cm³/mol. The standard InChI is InChI=1S/C12H21N3O/c1-14-6-4-10(12(14)16)15-5-2-3-9-7-13-8-11(9)15/h9-11,13H,2-8H2,1H3. The maximum Gasteiger partial charge on any atom is 0.239 e. The summed E-state index contributed by atoms with van der Waals surface area (Å²) in [4.78, 5) is 16.4. The lowest BCUT2D eigenvalue weighted by Gasteiger charge is -2.40. The Kier molecular flexibility index (Phi) is 2.64. The molecule has 3 rings (SSSR count). The Morgan fingerprint density at radius 2 is 2.12 bits per heavy atom. The van der Waals surface area contributed by atoms with E-state index < -0.39 is 0 Å². The first kappa shape index (κ1) is 10.5. The lowest BCUT2D eigenvalue weighted by atomic mass is 9.90. The van der Waals surface area contributed by atoms with Crippen LogP contribution in [0.3, 0.4) is 0 Å². The molecule has 0 spiro atoms. The van der Waals surface area contributed by atoms with Crippen molar-refractivity contribution in [1.82, 2.24) is 15.1 Å². The number of carbonyl (C=O) groups excluding carboxylic acids is 1. The van der Waals surface area contributed by atoms with Crippen molar-refractivity contribution in [3.63, 3.8) is 0 Å². The van der Waals surface area contributed by atoms with Gasteiger partial charge in [0.25, 0.3) is 0 Å². The monoisotopic (exact) mass is 223 g/mol. The summed E-state index contributed by atoms with van der Waals surface area (Å²) < 4.78 is 0. The number of nitrogens with zero attached hydrogens (tertiary/aromatic N) is 2. The molecule has 3 unspecified atom stereocenters. The summed E-state index contributed by atoms with van der Waals surface area (Å²) >= 11 is 0. The molecule has 3 fully saturated rings. The second-order valence-corrected chi connectivity index (χ2v) is 5.43. The fourth-order valence-corrected chi connectivity index (χ4v) is 3.60. The molecule has 0 bridgehead atoms. The van der Waals surface area contributed by atoms with Gasteiger partial charge in [0.05, 0.1) is 6.04 Å². The minimum atomic E-state index is 0.178. The van der Waals surface area contributed by atoms with Crippen molar-refractivity contribution in [1.29, 1.82) is 0 Å². The average Bonchev–Trinajstić information content (AvgIpc) is 2.87. The SMILES string of the molecule is CN1CCC(N2CCCC3CNCC32)C1=O. The van der Waals surface area contributed by atoms with E-state index in [9.17, 15) is 4.79 Å². The van der Waals surface area contributed by atoms with Crippen LogP contribution in [0.1, 0.15) is 19.3 Å². The van der Waals surface area contributed by atoms with Gasteiger partial charge in [0.1, 0.15) is 0 Å². The molecule has 0 saturated carbocycles. The molecule has 1 amide bonds. The van der Waals surface area contributed by atoms with Gasteiger partial charge in [-0.15, -0.1) is 0 Å². The molecule has 90 valence electrons. The normalized spacial score (nSPS) is 40.4. The van der Waals surface area contributed by atoms with Crippen LogP contribution in [-0.2, 0) is 4.79 Å². The Balaban J connectivity index is 1.76. The van der Waals surface area contributed by atoms with Gasteiger partial charge in [-0.05, 0) is 38.3 Å². The summed E-state index contributed by atoms with van der Waals surface area (Å²) in [6, 6.07) is 0.798. The molecule has 3 aliphatic heterocycles. The van der Waals surface area contributed by atoms with Gasteiger partial charge in [-0.2, -0.15) is 0 Å². The summed E-state index contributed by atoms with van der Waals surface area (Å²) in [6.45, 7) is 4.29. The first-order chi connectivity index (χ1) is 7.77. The van der Waals surface area contributed by atoms with Crippen LogP contribution in [-0.4, -0.2) is 61.0 Å². The number of hydrogen-bond acceptors (Lipinski definition) is 3. The summed E-state index contributed by atoms with van der Waals surface area (Å²) in [5, 5.41) is 3.48. The Morgan fingerprint density at radius 3 is 2.88 bits per heavy atom. The third-order valence-electron chi connectivity index (χ3n) is 4.52. The molecule has 3 saturated heterocycles. The first-order valence-electron chi connectivity index (χ1n) is 6.49. The van der Waals surface area contributed by atoms with Crippen molar-refractivity contribution >= 4 is 5.91 Å². The number of amides is 1. The van der Waals surface area contributed by atoms with Gasteiger partial charge < -0.3 is 10.2 Å². The predicted octanol–water partition coefficient (Wildman–Crippen LogP) is -0.0991. The zero-order chi connectivity index (χ0) is 11.1. The number of likely N-dealkylation sites (N-methyl/N-ethyl adjacent to an activating group) is 1. The fraction of sp³-hybridized carbons (Fsp3) is 0.917. The molecule has 0 aromatic rings. The number of hydrogen-bond donors (Lipinski definition) is 1. The van der Waals surface area contributed by atoms with Crippen LogP contribution in [0.15, 0.2) is 0 Å². The van der Waals surface area contributed by atoms with Crippen molar-refractivity contribution < 1.29 is 4.79 Å². The molecule has 3 heterocycles. The first-order valence-corrected chi connectivity index (χ1v) is 6.49. The molecule has 3 aliphatic rings. The molecular formula is C12H21N3O. The largest absolute Gasteiger partial charge is 0.344 e. The molecule has 1 N–H and O–H groups in total. The third kappa shape index (κ3) is 1.55. The maximum absolute atomic E-state index is 12.1. The highest BCUT2D eigenvalue weighted by Gasteiger charge is 2.43. The van der Waals surface area contributed by atoms with E-state index in [4.69, 9.17) is 0 Å². The number of likely N-dealkylation sites (tertiary alicyclic amines) is 2. The summed E-state index contributed by atoms with van der Waals surface area (Å²) in [5.74, 6) is 1.13. The molecule has 0 aliphatic carbocycles. The Bertz CT molecular complexity index is 294. The van der Waals surface area contributed by atoms with Crippen LogP contribution in [0.5, 0.6) is 0 Å². The fourth-order valence-electron chi connectivity index (χ4n) is 3.60. The van der Waals surface area contributed by atoms with Gasteiger partial charge in [0, 0.05) is 26.2 Å². The lowest BCUT2D eigenvalue weighted by molar-refractivity contribution is -0.132. The van der Waals surface area contributed by atoms with Crippen LogP contribution in [0.2, 0.25) is 0 Å². The average molecular weight is 223 g/mol. The molecule has 0 aromatic carbocycles. The Labute approximate surface area is 97.0 Å². The second-order valence-electron chi connectivity index (χ2n) is 5.43. The maximum atomic E-state index is 12.1. The summed E-state index contributed by atoms with van der Waals surface area (Å²) in [5.41, 5.74) is 0. The van der Waals surface area contributed by atoms with Crippen LogP contribution in [0, 0.1) is 5.92 Å². The molecular weight excluding hydrogens is 202 g/mol. The molecule has 4 nitrogen and oxygen atoms in total. The molecule has 3 atom stereocenters. The van der Waals surface area contributed by atoms with Crippen molar-refractivity contribution in [2.24, 2.45) is 5.92 Å². The van der Waals surface area contributed by atoms with Gasteiger partial charge in [0.2, 0.25) is 5.91 Å². The van der Waals surface area contributed by atoms with E-state index in [-0.39, 0.29) is 6.04 Å². The van der Waals surface area contributed by atoms with Crippen LogP contribution in [0.25, 0.3) is 0 Å². The van der Waals surface area contributed by atoms with Gasteiger partial charge in [-0.1, -0.05) is 0 Å². The number of piperidine rings is 1. The lowest BCUT2D eigenvalue weighted by Crippen LogP contribution is -2.52. The van der Waals surface area contributed by atoms with E-state index in [1.54, 1.807) is 0 Å². The van der Waals surface area contributed by atoms with Gasteiger partial charge in [-0.3, -0.25) is 9.69 Å². The molecule has 4 heteroatoms. The minimum absolute atomic E-state index is 0.178. The van der Waals surface area contributed by atoms with Gasteiger partial charge in [-0.25, -0.2) is 0 Å². The highest BCUT2D eigenvalue weighted by atomic mass is 16.2.